The highest BCUT2D eigenvalue weighted by Crippen LogP contribution is 2.53. The Labute approximate surface area is 215 Å². The summed E-state index contributed by atoms with van der Waals surface area (Å²) in [6.45, 7) is 7.12. The fourth-order valence-electron chi connectivity index (χ4n) is 6.33. The van der Waals surface area contributed by atoms with Crippen molar-refractivity contribution in [2.75, 3.05) is 26.2 Å². The Bertz CT molecular complexity index is 999. The molecule has 0 saturated carbocycles. The van der Waals surface area contributed by atoms with Gasteiger partial charge in [-0.1, -0.05) is 13.8 Å². The van der Waals surface area contributed by atoms with E-state index in [-0.39, 0.29) is 76.6 Å². The number of aliphatic carboxylic acids is 1. The number of thioether (sulfide) groups is 1. The van der Waals surface area contributed by atoms with Crippen LogP contribution in [0, 0.1) is 23.7 Å². The molecule has 2 amide bonds. The van der Waals surface area contributed by atoms with Crippen LogP contribution in [-0.4, -0.2) is 87.8 Å². The van der Waals surface area contributed by atoms with Crippen molar-refractivity contribution >= 4 is 41.1 Å². The maximum absolute atomic E-state index is 13.1. The molecule has 0 aromatic rings. The highest BCUT2D eigenvalue weighted by Gasteiger charge is 2.60. The normalized spacial score (nSPS) is 32.5. The molecule has 0 spiro atoms. The number of β-lactam (4-membered cyclic amide) rings is 1. The number of amides is 2. The minimum absolute atomic E-state index is 0.00450. The van der Waals surface area contributed by atoms with Crippen LogP contribution in [0.5, 0.6) is 0 Å². The number of hydrogen-bond acceptors (Lipinski definition) is 8. The average molecular weight is 521 g/mol. The first kappa shape index (κ1) is 26.8. The Kier molecular flexibility index (Phi) is 7.92. The van der Waals surface area contributed by atoms with Crippen LogP contribution in [0.2, 0.25) is 0 Å². The van der Waals surface area contributed by atoms with Gasteiger partial charge in [-0.3, -0.25) is 14.4 Å². The van der Waals surface area contributed by atoms with Crippen molar-refractivity contribution in [2.45, 2.75) is 63.8 Å². The van der Waals surface area contributed by atoms with E-state index >= 15 is 0 Å². The Morgan fingerprint density at radius 2 is 2.00 bits per heavy atom. The number of rotatable bonds is 10. The lowest BCUT2D eigenvalue weighted by Gasteiger charge is -2.47. The lowest BCUT2D eigenvalue weighted by atomic mass is 9.73. The number of carbonyl (C=O) groups is 5. The van der Waals surface area contributed by atoms with Crippen molar-refractivity contribution in [3.05, 3.63) is 10.6 Å². The summed E-state index contributed by atoms with van der Waals surface area (Å²) in [5.74, 6) is -1.78. The summed E-state index contributed by atoms with van der Waals surface area (Å²) in [4.78, 5) is 65.4. The zero-order valence-electron chi connectivity index (χ0n) is 21.1. The predicted molar refractivity (Wildman–Crippen MR) is 134 cm³/mol. The SMILES string of the molecule is CC(=O)C[C@H](C)[C@H]1C(=O)N2C(C(=O)O)=C(S[C@@H]3CN[C@H](C(=O)N4CC[C@H](CC(=O)CN)C4)C3)[C@H](C)[C@H]12. The van der Waals surface area contributed by atoms with Gasteiger partial charge in [-0.25, -0.2) is 4.79 Å². The van der Waals surface area contributed by atoms with E-state index in [4.69, 9.17) is 5.73 Å². The van der Waals surface area contributed by atoms with E-state index in [0.717, 1.165) is 6.42 Å². The first-order chi connectivity index (χ1) is 17.0. The summed E-state index contributed by atoms with van der Waals surface area (Å²) in [5, 5.41) is 13.2. The molecule has 0 aliphatic carbocycles. The van der Waals surface area contributed by atoms with Crippen LogP contribution in [0.1, 0.15) is 46.5 Å². The Morgan fingerprint density at radius 1 is 1.28 bits per heavy atom. The van der Waals surface area contributed by atoms with E-state index in [0.29, 0.717) is 43.8 Å². The molecule has 0 radical (unpaired) electrons. The minimum Gasteiger partial charge on any atom is -0.477 e. The smallest absolute Gasteiger partial charge is 0.353 e. The molecule has 7 atom stereocenters. The maximum atomic E-state index is 13.1. The van der Waals surface area contributed by atoms with Gasteiger partial charge in [0, 0.05) is 48.5 Å². The van der Waals surface area contributed by atoms with Crippen LogP contribution in [0.4, 0.5) is 0 Å². The zero-order valence-corrected chi connectivity index (χ0v) is 21.9. The number of likely N-dealkylation sites (tertiary alicyclic amines) is 1. The average Bonchev–Trinajstić information content (AvgIpc) is 3.51. The second-order valence-corrected chi connectivity index (χ2v) is 12.1. The Hall–Kier alpha value is -2.24. The van der Waals surface area contributed by atoms with E-state index in [9.17, 15) is 29.1 Å². The molecule has 4 rings (SSSR count). The predicted octanol–water partition coefficient (Wildman–Crippen LogP) is 0.605. The summed E-state index contributed by atoms with van der Waals surface area (Å²) in [7, 11) is 0. The number of carboxylic acid groups (broad SMARTS) is 1. The molecule has 36 heavy (non-hydrogen) atoms. The van der Waals surface area contributed by atoms with Crippen molar-refractivity contribution in [3.8, 4) is 0 Å². The van der Waals surface area contributed by atoms with Crippen LogP contribution < -0.4 is 11.1 Å². The second kappa shape index (κ2) is 10.6. The molecular weight excluding hydrogens is 484 g/mol. The van der Waals surface area contributed by atoms with Crippen LogP contribution in [0.15, 0.2) is 10.6 Å². The van der Waals surface area contributed by atoms with Crippen molar-refractivity contribution in [2.24, 2.45) is 29.4 Å². The molecule has 0 unspecified atom stereocenters. The lowest BCUT2D eigenvalue weighted by Crippen LogP contribution is -2.62. The van der Waals surface area contributed by atoms with Crippen LogP contribution in [-0.2, 0) is 24.0 Å². The molecular formula is C25H36N4O6S. The third-order valence-corrected chi connectivity index (χ3v) is 9.55. The lowest BCUT2D eigenvalue weighted by molar-refractivity contribution is -0.160. The number of ketones is 2. The highest BCUT2D eigenvalue weighted by molar-refractivity contribution is 8.03. The van der Waals surface area contributed by atoms with Gasteiger partial charge in [0.15, 0.2) is 0 Å². The second-order valence-electron chi connectivity index (χ2n) is 10.7. The molecule has 0 aromatic carbocycles. The minimum atomic E-state index is -1.12. The number of nitrogens with zero attached hydrogens (tertiary/aromatic N) is 2. The molecule has 3 fully saturated rings. The quantitative estimate of drug-likeness (QED) is 0.352. The van der Waals surface area contributed by atoms with Gasteiger partial charge in [0.2, 0.25) is 11.8 Å². The van der Waals surface area contributed by atoms with Crippen molar-refractivity contribution < 1.29 is 29.1 Å². The number of carbonyl (C=O) groups excluding carboxylic acids is 4. The molecule has 4 aliphatic heterocycles. The van der Waals surface area contributed by atoms with E-state index in [1.807, 2.05) is 18.7 Å². The molecule has 4 N–H and O–H groups in total. The largest absolute Gasteiger partial charge is 0.477 e. The van der Waals surface area contributed by atoms with Gasteiger partial charge >= 0.3 is 5.97 Å². The summed E-state index contributed by atoms with van der Waals surface area (Å²) in [5.41, 5.74) is 5.47. The monoisotopic (exact) mass is 520 g/mol. The molecule has 3 saturated heterocycles. The van der Waals surface area contributed by atoms with E-state index < -0.39 is 5.97 Å². The molecule has 4 aliphatic rings. The zero-order chi connectivity index (χ0) is 26.3. The summed E-state index contributed by atoms with van der Waals surface area (Å²) < 4.78 is 0. The topological polar surface area (TPSA) is 150 Å². The molecule has 0 aromatic heterocycles. The third kappa shape index (κ3) is 4.97. The number of Topliss-reactive ketones (excluding diaryl/α,β-unsaturated/α-hetero) is 2. The van der Waals surface area contributed by atoms with Crippen LogP contribution in [0.25, 0.3) is 0 Å². The fourth-order valence-corrected chi connectivity index (χ4v) is 7.81. The van der Waals surface area contributed by atoms with Gasteiger partial charge in [-0.15, -0.1) is 11.8 Å². The van der Waals surface area contributed by atoms with Gasteiger partial charge in [-0.2, -0.15) is 0 Å². The Balaban J connectivity index is 1.39. The molecule has 0 bridgehead atoms. The molecule has 11 heteroatoms. The molecule has 10 nitrogen and oxygen atoms in total. The first-order valence-corrected chi connectivity index (χ1v) is 13.6. The van der Waals surface area contributed by atoms with Crippen molar-refractivity contribution in [1.29, 1.82) is 0 Å². The van der Waals surface area contributed by atoms with Gasteiger partial charge in [0.05, 0.1) is 24.5 Å². The van der Waals surface area contributed by atoms with Gasteiger partial charge < -0.3 is 30.8 Å². The number of nitrogens with one attached hydrogen (secondary N) is 1. The number of fused-ring (bicyclic) bond motifs is 1. The third-order valence-electron chi connectivity index (χ3n) is 8.04. The van der Waals surface area contributed by atoms with Crippen molar-refractivity contribution in [3.63, 3.8) is 0 Å². The van der Waals surface area contributed by atoms with Gasteiger partial charge in [0.25, 0.3) is 0 Å². The van der Waals surface area contributed by atoms with Gasteiger partial charge in [-0.05, 0) is 31.6 Å². The number of hydrogen-bond donors (Lipinski definition) is 3. The first-order valence-electron chi connectivity index (χ1n) is 12.7. The molecule has 4 heterocycles. The summed E-state index contributed by atoms with van der Waals surface area (Å²) in [6, 6.07) is -0.593. The fraction of sp³-hybridized carbons (Fsp3) is 0.720. The van der Waals surface area contributed by atoms with Crippen molar-refractivity contribution in [1.82, 2.24) is 15.1 Å². The highest BCUT2D eigenvalue weighted by atomic mass is 32.2. The summed E-state index contributed by atoms with van der Waals surface area (Å²) >= 11 is 1.46. The van der Waals surface area contributed by atoms with Crippen LogP contribution >= 0.6 is 11.8 Å². The number of carboxylic acids is 1. The molecule has 198 valence electrons. The summed E-state index contributed by atoms with van der Waals surface area (Å²) in [6.07, 6.45) is 2.07. The van der Waals surface area contributed by atoms with E-state index in [1.165, 1.54) is 23.6 Å². The standard InChI is InChI=1S/C25H36N4O6S/c1-12(6-13(2)30)19-20-14(3)22(21(25(34)35)29(20)24(19)33)36-17-8-18(27-10-17)23(32)28-5-4-15(11-28)7-16(31)9-26/h12,14-15,17-20,27H,4-11,26H2,1-3H3,(H,34,35)/t12-,14+,15+,17-,18-,19+,20+/m0/s1. The van der Waals surface area contributed by atoms with E-state index in [2.05, 4.69) is 5.32 Å². The van der Waals surface area contributed by atoms with Crippen LogP contribution in [0.3, 0.4) is 0 Å². The maximum Gasteiger partial charge on any atom is 0.353 e. The van der Waals surface area contributed by atoms with Gasteiger partial charge in [0.1, 0.15) is 17.3 Å². The van der Waals surface area contributed by atoms with E-state index in [1.54, 1.807) is 0 Å². The number of nitrogens with two attached hydrogens (primary N) is 1. The Morgan fingerprint density at radius 3 is 2.64 bits per heavy atom.